The van der Waals surface area contributed by atoms with Crippen LogP contribution in [-0.4, -0.2) is 55.7 Å². The van der Waals surface area contributed by atoms with Crippen molar-refractivity contribution in [1.82, 2.24) is 30.2 Å². The summed E-state index contributed by atoms with van der Waals surface area (Å²) in [6.45, 7) is 6.38. The molecule has 3 N–H and O–H groups in total. The number of nitrogens with one attached hydrogen (secondary N) is 2. The second-order valence-corrected chi connectivity index (χ2v) is 11.3. The van der Waals surface area contributed by atoms with Gasteiger partial charge in [-0.25, -0.2) is 9.36 Å². The lowest BCUT2D eigenvalue weighted by molar-refractivity contribution is -0.126. The minimum Gasteiger partial charge on any atom is -0.396 e. The highest BCUT2D eigenvalue weighted by molar-refractivity contribution is 5.97. The summed E-state index contributed by atoms with van der Waals surface area (Å²) in [6.07, 6.45) is 13.9. The molecule has 4 fully saturated rings. The highest BCUT2D eigenvalue weighted by atomic mass is 16.3. The summed E-state index contributed by atoms with van der Waals surface area (Å²) in [7, 11) is 0. The van der Waals surface area contributed by atoms with Gasteiger partial charge in [0, 0.05) is 37.8 Å². The summed E-state index contributed by atoms with van der Waals surface area (Å²) in [4.78, 5) is 26.0. The topological polar surface area (TPSA) is 114 Å². The molecule has 188 valence electrons. The Morgan fingerprint density at radius 3 is 2.60 bits per heavy atom. The van der Waals surface area contributed by atoms with Gasteiger partial charge in [0.1, 0.15) is 5.56 Å². The molecule has 4 aliphatic carbocycles. The zero-order valence-electron chi connectivity index (χ0n) is 20.8. The number of hydrogen-bond donors (Lipinski definition) is 3. The van der Waals surface area contributed by atoms with Gasteiger partial charge in [0.15, 0.2) is 5.82 Å². The Hall–Kier alpha value is -2.94. The zero-order valence-corrected chi connectivity index (χ0v) is 20.8. The van der Waals surface area contributed by atoms with Gasteiger partial charge in [-0.3, -0.25) is 9.59 Å². The fourth-order valence-corrected chi connectivity index (χ4v) is 6.82. The van der Waals surface area contributed by atoms with Crippen LogP contribution in [0.3, 0.4) is 0 Å². The molecule has 4 aliphatic rings. The fourth-order valence-electron chi connectivity index (χ4n) is 6.82. The van der Waals surface area contributed by atoms with E-state index >= 15 is 0 Å². The molecule has 2 heterocycles. The Balaban J connectivity index is 1.40. The maximum Gasteiger partial charge on any atom is 0.257 e. The first kappa shape index (κ1) is 23.8. The minimum absolute atomic E-state index is 0.0600. The Labute approximate surface area is 206 Å². The number of amides is 2. The fraction of sp³-hybridized carbons (Fsp3) is 0.615. The van der Waals surface area contributed by atoms with Gasteiger partial charge >= 0.3 is 0 Å². The van der Waals surface area contributed by atoms with Crippen LogP contribution in [0.5, 0.6) is 0 Å². The Morgan fingerprint density at radius 2 is 1.97 bits per heavy atom. The lowest BCUT2D eigenvalue weighted by atomic mass is 9.48. The van der Waals surface area contributed by atoms with Crippen molar-refractivity contribution in [2.75, 3.05) is 13.2 Å². The Kier molecular flexibility index (Phi) is 6.07. The van der Waals surface area contributed by atoms with Gasteiger partial charge in [0.2, 0.25) is 5.91 Å². The van der Waals surface area contributed by atoms with Crippen molar-refractivity contribution in [2.45, 2.75) is 58.9 Å². The monoisotopic (exact) mass is 480 g/mol. The van der Waals surface area contributed by atoms with Crippen LogP contribution in [0, 0.1) is 28.6 Å². The average Bonchev–Trinajstić information content (AvgIpc) is 3.49. The van der Waals surface area contributed by atoms with Gasteiger partial charge in [-0.15, -0.1) is 0 Å². The Bertz CT molecular complexity index is 1100. The van der Waals surface area contributed by atoms with E-state index in [4.69, 9.17) is 0 Å². The van der Waals surface area contributed by atoms with E-state index in [0.717, 1.165) is 32.1 Å². The van der Waals surface area contributed by atoms with Gasteiger partial charge in [-0.1, -0.05) is 6.08 Å². The van der Waals surface area contributed by atoms with E-state index in [9.17, 15) is 14.7 Å². The molecule has 0 aliphatic heterocycles. The van der Waals surface area contributed by atoms with Crippen molar-refractivity contribution in [1.29, 1.82) is 0 Å². The Morgan fingerprint density at radius 1 is 1.23 bits per heavy atom. The van der Waals surface area contributed by atoms with Gasteiger partial charge in [-0.05, 0) is 82.1 Å². The standard InChI is InChI=1S/C26H36N6O3/c1-4-27-24(35)25(2,3)6-9-32-23(31-8-5-7-28-31)20(15-29-32)22(34)30-21-18-10-17-11-19(21)14-26(12-17,13-18)16-33/h5-9,15,17-19,21,33H,4,10-14,16H2,1-3H3,(H,27,35)(H,30,34). The van der Waals surface area contributed by atoms with Crippen LogP contribution in [0.15, 0.2) is 30.7 Å². The van der Waals surface area contributed by atoms with Crippen LogP contribution in [-0.2, 0) is 4.79 Å². The molecule has 0 aromatic carbocycles. The molecule has 9 heteroatoms. The number of carbonyl (C=O) groups is 2. The SMILES string of the molecule is CCNC(=O)C(C)(C)C=Cn1ncc(C(=O)NC2C3CC4CC2CC(CO)(C4)C3)c1-n1cccn1. The maximum absolute atomic E-state index is 13.6. The zero-order chi connectivity index (χ0) is 24.8. The number of carbonyl (C=O) groups excluding carboxylic acids is 2. The third kappa shape index (κ3) is 4.30. The van der Waals surface area contributed by atoms with E-state index in [1.165, 1.54) is 0 Å². The van der Waals surface area contributed by atoms with E-state index in [1.807, 2.05) is 20.8 Å². The van der Waals surface area contributed by atoms with Crippen LogP contribution < -0.4 is 10.6 Å². The van der Waals surface area contributed by atoms with Crippen LogP contribution in [0.2, 0.25) is 0 Å². The number of aliphatic hydroxyl groups excluding tert-OH is 1. The quantitative estimate of drug-likeness (QED) is 0.537. The van der Waals surface area contributed by atoms with Crippen molar-refractivity contribution < 1.29 is 14.7 Å². The summed E-state index contributed by atoms with van der Waals surface area (Å²) in [5.74, 6) is 1.80. The van der Waals surface area contributed by atoms with E-state index in [0.29, 0.717) is 35.7 Å². The molecular formula is C26H36N6O3. The molecule has 4 saturated carbocycles. The molecule has 2 amide bonds. The van der Waals surface area contributed by atoms with Crippen molar-refractivity contribution in [3.63, 3.8) is 0 Å². The molecule has 2 aromatic rings. The molecule has 2 atom stereocenters. The average molecular weight is 481 g/mol. The molecule has 2 aromatic heterocycles. The molecule has 9 nitrogen and oxygen atoms in total. The molecule has 4 bridgehead atoms. The first-order valence-corrected chi connectivity index (χ1v) is 12.7. The predicted octanol–water partition coefficient (Wildman–Crippen LogP) is 2.62. The van der Waals surface area contributed by atoms with Gasteiger partial charge in [-0.2, -0.15) is 10.2 Å². The molecule has 0 spiro atoms. The summed E-state index contributed by atoms with van der Waals surface area (Å²) < 4.78 is 3.23. The highest BCUT2D eigenvalue weighted by Crippen LogP contribution is 2.59. The van der Waals surface area contributed by atoms with Crippen molar-refractivity contribution >= 4 is 18.0 Å². The molecule has 0 radical (unpaired) electrons. The lowest BCUT2D eigenvalue weighted by Crippen LogP contribution is -2.60. The molecule has 35 heavy (non-hydrogen) atoms. The van der Waals surface area contributed by atoms with Crippen molar-refractivity contribution in [2.24, 2.45) is 28.6 Å². The van der Waals surface area contributed by atoms with Crippen molar-refractivity contribution in [3.05, 3.63) is 36.3 Å². The summed E-state index contributed by atoms with van der Waals surface area (Å²) in [5.41, 5.74) is -0.237. The van der Waals surface area contributed by atoms with Crippen molar-refractivity contribution in [3.8, 4) is 5.82 Å². The van der Waals surface area contributed by atoms with Crippen LogP contribution in [0.1, 0.15) is 63.2 Å². The third-order valence-electron chi connectivity index (χ3n) is 8.32. The number of aromatic nitrogens is 4. The first-order valence-electron chi connectivity index (χ1n) is 12.7. The summed E-state index contributed by atoms with van der Waals surface area (Å²) >= 11 is 0. The van der Waals surface area contributed by atoms with Gasteiger partial charge in [0.05, 0.1) is 11.6 Å². The highest BCUT2D eigenvalue weighted by Gasteiger charge is 2.55. The van der Waals surface area contributed by atoms with Crippen LogP contribution >= 0.6 is 0 Å². The largest absolute Gasteiger partial charge is 0.396 e. The first-order chi connectivity index (χ1) is 16.7. The molecule has 6 rings (SSSR count). The van der Waals surface area contributed by atoms with Crippen LogP contribution in [0.4, 0.5) is 0 Å². The minimum atomic E-state index is -0.741. The number of hydrogen-bond acceptors (Lipinski definition) is 5. The number of aliphatic hydroxyl groups is 1. The van der Waals surface area contributed by atoms with E-state index in [1.54, 1.807) is 46.3 Å². The smallest absolute Gasteiger partial charge is 0.257 e. The second kappa shape index (κ2) is 8.93. The van der Waals surface area contributed by atoms with E-state index in [2.05, 4.69) is 20.8 Å². The second-order valence-electron chi connectivity index (χ2n) is 11.3. The van der Waals surface area contributed by atoms with Gasteiger partial charge < -0.3 is 15.7 Å². The number of nitrogens with zero attached hydrogens (tertiary/aromatic N) is 4. The molecule has 2 unspecified atom stereocenters. The lowest BCUT2D eigenvalue weighted by Gasteiger charge is -2.59. The third-order valence-corrected chi connectivity index (χ3v) is 8.32. The van der Waals surface area contributed by atoms with E-state index in [-0.39, 0.29) is 29.9 Å². The van der Waals surface area contributed by atoms with E-state index < -0.39 is 5.41 Å². The van der Waals surface area contributed by atoms with Gasteiger partial charge in [0.25, 0.3) is 5.91 Å². The summed E-state index contributed by atoms with van der Waals surface area (Å²) in [6, 6.07) is 1.92. The predicted molar refractivity (Wildman–Crippen MR) is 131 cm³/mol. The normalized spacial score (nSPS) is 29.6. The molecular weight excluding hydrogens is 444 g/mol. The molecule has 0 saturated heterocycles. The summed E-state index contributed by atoms with van der Waals surface area (Å²) in [5, 5.41) is 25.0. The maximum atomic E-state index is 13.6. The number of rotatable bonds is 8. The van der Waals surface area contributed by atoms with Crippen LogP contribution in [0.25, 0.3) is 12.0 Å².